The molecule has 15 aliphatic carbocycles. The summed E-state index contributed by atoms with van der Waals surface area (Å²) in [6.07, 6.45) is 21.0. The topological polar surface area (TPSA) is 22.9 Å². The number of hydrogen-bond donors (Lipinski definition) is 0. The van der Waals surface area contributed by atoms with Crippen LogP contribution in [0.15, 0.2) is 459 Å². The first-order valence-electron chi connectivity index (χ1n) is 55.4. The van der Waals surface area contributed by atoms with E-state index in [1.54, 1.807) is 33.4 Å². The molecule has 15 aliphatic rings. The minimum Gasteiger partial charge on any atom is -0.456 e. The van der Waals surface area contributed by atoms with Crippen molar-refractivity contribution in [2.45, 2.75) is 113 Å². The molecule has 0 amide bonds. The standard InChI is InChI=1S/C52H43N.C46H37NO.C46H37NS/c1-3-10-37(11-4-1)39-18-24-44(25-19-39)53(45-26-20-40(21-27-45)38-12-5-2-6-13-38)46-28-22-41(23-29-46)47-15-9-16-49-48-14-7-8-17-50(48)52(51(47)49)42-31-35-30-36(33-42)34-43(52)32-35;2*1-2-9-31(10-3-1)32-17-19-35(20-18-32)47(36-21-22-39-38-12-5-7-16-43(38)48-44(39)28-36)42-15-8-13-40-37-11-4-6-14-41(37)46(45(40)42)33-24-29-23-30(26-33)27-34(46)25-29/h1-29,35-36,42-43H,30-34H2;2*1-22,28-30,33-34H,23-27H2. The van der Waals surface area contributed by atoms with Gasteiger partial charge < -0.3 is 19.1 Å². The summed E-state index contributed by atoms with van der Waals surface area (Å²) in [5, 5.41) is 5.03. The highest BCUT2D eigenvalue weighted by Crippen LogP contribution is 2.75. The van der Waals surface area contributed by atoms with Crippen LogP contribution in [0.5, 0.6) is 0 Å². The number of fused-ring (bicyclic) bond motifs is 15. The number of benzene rings is 19. The Kier molecular flexibility index (Phi) is 20.5. The molecule has 0 saturated heterocycles. The maximum atomic E-state index is 6.50. The van der Waals surface area contributed by atoms with Gasteiger partial charge in [0.15, 0.2) is 0 Å². The van der Waals surface area contributed by atoms with Gasteiger partial charge in [0.2, 0.25) is 0 Å². The molecule has 0 atom stereocenters. The molecule has 0 aliphatic heterocycles. The van der Waals surface area contributed by atoms with Crippen LogP contribution in [0.3, 0.4) is 0 Å². The van der Waals surface area contributed by atoms with Crippen LogP contribution in [0.4, 0.5) is 51.2 Å². The van der Waals surface area contributed by atoms with Crippen molar-refractivity contribution in [2.24, 2.45) is 71.0 Å². The van der Waals surface area contributed by atoms with Crippen molar-refractivity contribution in [3.63, 3.8) is 0 Å². The monoisotopic (exact) mass is 1940 g/mol. The van der Waals surface area contributed by atoms with Crippen LogP contribution in [-0.4, -0.2) is 0 Å². The molecule has 5 heteroatoms. The van der Waals surface area contributed by atoms with Gasteiger partial charge in [0.25, 0.3) is 0 Å². The highest BCUT2D eigenvalue weighted by atomic mass is 32.1. The predicted molar refractivity (Wildman–Crippen MR) is 621 cm³/mol. The van der Waals surface area contributed by atoms with Gasteiger partial charge in [-0.25, -0.2) is 0 Å². The van der Waals surface area contributed by atoms with Crippen molar-refractivity contribution in [1.29, 1.82) is 0 Å². The number of rotatable bonds is 14. The molecule has 4 nitrogen and oxygen atoms in total. The quantitative estimate of drug-likeness (QED) is 0.108. The molecule has 21 aromatic rings. The van der Waals surface area contributed by atoms with Gasteiger partial charge in [-0.2, -0.15) is 0 Å². The average Bonchev–Trinajstić information content (AvgIpc) is 1.53. The lowest BCUT2D eigenvalue weighted by molar-refractivity contribution is -0.0397. The first kappa shape index (κ1) is 87.8. The Hall–Kier alpha value is -15.4. The summed E-state index contributed by atoms with van der Waals surface area (Å²) in [5.41, 5.74) is 44.1. The Morgan fingerprint density at radius 3 is 0.859 bits per heavy atom. The Morgan fingerprint density at radius 1 is 0.181 bits per heavy atom. The number of furan rings is 1. The van der Waals surface area contributed by atoms with E-state index in [0.717, 1.165) is 86.6 Å². The smallest absolute Gasteiger partial charge is 0.137 e. The number of para-hydroxylation sites is 1. The highest BCUT2D eigenvalue weighted by Gasteiger charge is 2.66. The van der Waals surface area contributed by atoms with Crippen molar-refractivity contribution in [1.82, 2.24) is 0 Å². The van der Waals surface area contributed by atoms with E-state index < -0.39 is 0 Å². The van der Waals surface area contributed by atoms with E-state index in [0.29, 0.717) is 23.7 Å². The van der Waals surface area contributed by atoms with Crippen molar-refractivity contribution in [3.05, 3.63) is 488 Å². The number of thiophene rings is 1. The Labute approximate surface area is 878 Å². The first-order chi connectivity index (χ1) is 73.7. The number of anilines is 9. The maximum Gasteiger partial charge on any atom is 0.137 e. The van der Waals surface area contributed by atoms with Gasteiger partial charge in [0, 0.05) is 93.1 Å². The Bertz CT molecular complexity index is 8280. The van der Waals surface area contributed by atoms with Crippen LogP contribution in [0.25, 0.3) is 131 Å². The third-order valence-corrected chi connectivity index (χ3v) is 39.9. The summed E-state index contributed by atoms with van der Waals surface area (Å²) in [5.74, 6) is 9.80. The minimum atomic E-state index is 0.0572. The van der Waals surface area contributed by atoms with Crippen molar-refractivity contribution in [3.8, 4) is 89.0 Å². The maximum absolute atomic E-state index is 6.50. The Balaban J connectivity index is 0.000000101. The van der Waals surface area contributed by atoms with E-state index in [2.05, 4.69) is 470 Å². The van der Waals surface area contributed by atoms with Crippen molar-refractivity contribution >= 4 is 105 Å². The fourth-order valence-corrected chi connectivity index (χ4v) is 34.9. The molecule has 36 rings (SSSR count). The molecule has 19 aromatic carbocycles. The molecular weight excluding hydrogens is 1820 g/mol. The molecule has 0 unspecified atom stereocenters. The molecule has 149 heavy (non-hydrogen) atoms. The lowest BCUT2D eigenvalue weighted by Crippen LogP contribution is -2.55. The summed E-state index contributed by atoms with van der Waals surface area (Å²) in [7, 11) is 0. The zero-order valence-corrected chi connectivity index (χ0v) is 84.8. The largest absolute Gasteiger partial charge is 0.456 e. The van der Waals surface area contributed by atoms with Crippen LogP contribution in [0.1, 0.15) is 130 Å². The van der Waals surface area contributed by atoms with Gasteiger partial charge in [-0.1, -0.05) is 340 Å². The van der Waals surface area contributed by atoms with E-state index in [1.807, 2.05) is 11.3 Å². The molecule has 0 radical (unpaired) electrons. The average molecular weight is 1940 g/mol. The SMILES string of the molecule is c1ccc(-c2ccc(N(c3ccc(-c4ccccc4)cc3)c3ccc(-c4cccc5c4C4(c6ccccc6-5)C5CC6CC(C5)CC4C6)cc3)cc2)cc1.c1ccc(-c2ccc(N(c3ccc4c(c3)oc3ccccc34)c3cccc4c3C3(c5ccccc5-4)C4CC5CC(C4)CC3C5)cc2)cc1.c1ccc(-c2ccc(N(c3ccc4c(c3)sc3ccccc34)c3cccc4c3C3(c5ccccc5-4)C4CC5CC(C4)CC3C5)cc2)cc1. The third-order valence-electron chi connectivity index (χ3n) is 38.7. The number of hydrogen-bond acceptors (Lipinski definition) is 5. The fourth-order valence-electron chi connectivity index (χ4n) is 33.7. The second-order valence-corrected chi connectivity index (χ2v) is 47.1. The minimum absolute atomic E-state index is 0.0572. The molecule has 12 bridgehead atoms. The van der Waals surface area contributed by atoms with Crippen LogP contribution in [0, 0.1) is 71.0 Å². The Morgan fingerprint density at radius 2 is 0.456 bits per heavy atom. The molecule has 12 saturated carbocycles. The van der Waals surface area contributed by atoms with E-state index in [9.17, 15) is 0 Å². The fraction of sp³-hybridized carbons (Fsp3) is 0.208. The first-order valence-corrected chi connectivity index (χ1v) is 56.2. The number of nitrogens with zero attached hydrogens (tertiary/aromatic N) is 3. The molecule has 3 spiro atoms. The summed E-state index contributed by atoms with van der Waals surface area (Å²) < 4.78 is 9.20. The molecule has 0 N–H and O–H groups in total. The van der Waals surface area contributed by atoms with Crippen LogP contribution in [-0.2, 0) is 16.2 Å². The molecule has 2 heterocycles. The molecular formula is C144H117N3OS. The summed E-state index contributed by atoms with van der Waals surface area (Å²) >= 11 is 1.91. The highest BCUT2D eigenvalue weighted by molar-refractivity contribution is 7.25. The third kappa shape index (κ3) is 13.7. The van der Waals surface area contributed by atoms with E-state index >= 15 is 0 Å². The van der Waals surface area contributed by atoms with E-state index in [1.165, 1.54) is 239 Å². The zero-order chi connectivity index (χ0) is 97.7. The van der Waals surface area contributed by atoms with Crippen LogP contribution >= 0.6 is 11.3 Å². The lowest BCUT2D eigenvalue weighted by atomic mass is 9.42. The van der Waals surface area contributed by atoms with Gasteiger partial charge in [-0.3, -0.25) is 0 Å². The normalized spacial score (nSPS) is 24.2. The second-order valence-electron chi connectivity index (χ2n) is 46.0. The summed E-state index contributed by atoms with van der Waals surface area (Å²) in [6, 6.07) is 170. The van der Waals surface area contributed by atoms with Gasteiger partial charge >= 0.3 is 0 Å². The van der Waals surface area contributed by atoms with Gasteiger partial charge in [0.1, 0.15) is 11.2 Å². The second kappa shape index (κ2) is 34.9. The van der Waals surface area contributed by atoms with Crippen LogP contribution < -0.4 is 14.7 Å². The molecule has 2 aromatic heterocycles. The van der Waals surface area contributed by atoms with E-state index in [4.69, 9.17) is 4.42 Å². The van der Waals surface area contributed by atoms with Crippen molar-refractivity contribution in [2.75, 3.05) is 14.7 Å². The van der Waals surface area contributed by atoms with Gasteiger partial charge in [-0.15, -0.1) is 11.3 Å². The summed E-state index contributed by atoms with van der Waals surface area (Å²) in [6.45, 7) is 0. The predicted octanol–water partition coefficient (Wildman–Crippen LogP) is 39.2. The van der Waals surface area contributed by atoms with Crippen molar-refractivity contribution < 1.29 is 4.42 Å². The lowest BCUT2D eigenvalue weighted by Gasteiger charge is -2.61. The molecule has 12 fully saturated rings. The van der Waals surface area contributed by atoms with E-state index in [-0.39, 0.29) is 16.2 Å². The zero-order valence-electron chi connectivity index (χ0n) is 84.0. The molecule has 720 valence electrons. The van der Waals surface area contributed by atoms with Gasteiger partial charge in [-0.05, 0) is 399 Å². The van der Waals surface area contributed by atoms with Gasteiger partial charge in [0.05, 0.1) is 11.4 Å². The van der Waals surface area contributed by atoms with Crippen LogP contribution in [0.2, 0.25) is 0 Å². The summed E-state index contributed by atoms with van der Waals surface area (Å²) in [4.78, 5) is 7.55.